The van der Waals surface area contributed by atoms with E-state index in [2.05, 4.69) is 50.5 Å². The molecule has 4 radical (unpaired) electrons. The van der Waals surface area contributed by atoms with Gasteiger partial charge in [0.25, 0.3) is 40.5 Å². The Labute approximate surface area is 517 Å². The van der Waals surface area contributed by atoms with Crippen LogP contribution in [0.15, 0.2) is 114 Å². The zero-order valence-corrected chi connectivity index (χ0v) is 51.7. The van der Waals surface area contributed by atoms with Crippen LogP contribution in [0.3, 0.4) is 0 Å². The van der Waals surface area contributed by atoms with Gasteiger partial charge in [-0.15, -0.1) is 0 Å². The number of morpholine rings is 1. The van der Waals surface area contributed by atoms with Gasteiger partial charge >= 0.3 is 0 Å². The Bertz CT molecular complexity index is 3590. The SMILES string of the molecule is O=S(=O)(O)c1ccc(Nc2nc(N(CCO)CCO)[nH]c(=Nc3ccc(C=Cc4ccc(N=c5nc(Nc6ccc(S(=O)(=O)O)cc6)nc(N6CCOCC6)[nH]5)cc4S(=O)(=O)O)c(S(=O)(=O)O)c3)n2)cc1.[Na].[Na].[Na].[Na]. The standard InChI is InChI=1S/C40H42N12O15S4.4Na/c53-19-15-51(16-20-54)39-47-35(41-27-7-11-31(12-8-27)68(55,56)57)45-37(49-39)43-29-5-3-25(33(23-29)70(61,62)63)1-2-26-4-6-30(24-34(26)71(64,65)66)44-38-46-36(48-40(50-38)52-17-21-67-22-18-52)42-28-9-13-32(14-10-28)69(58,59)60;;;;/h1-14,23-24,53-54H,15-22H2,(H,55,56,57)(H,58,59,60)(H,61,62,63)(H,64,65,66)(H2,41,43,45,47,49)(H2,42,44,46,48,50);;;;. The van der Waals surface area contributed by atoms with Crippen LogP contribution in [0.4, 0.5) is 46.5 Å². The third kappa shape index (κ3) is 18.8. The molecule has 75 heavy (non-hydrogen) atoms. The van der Waals surface area contributed by atoms with Crippen molar-refractivity contribution < 1.29 is 66.8 Å². The maximum atomic E-state index is 12.8. The van der Waals surface area contributed by atoms with Crippen LogP contribution in [0, 0.1) is 0 Å². The molecule has 0 amide bonds. The first-order chi connectivity index (χ1) is 33.5. The molecule has 2 aromatic heterocycles. The Morgan fingerprint density at radius 1 is 0.573 bits per heavy atom. The van der Waals surface area contributed by atoms with Crippen molar-refractivity contribution in [2.45, 2.75) is 19.6 Å². The van der Waals surface area contributed by atoms with Crippen molar-refractivity contribution in [1.82, 2.24) is 29.9 Å². The van der Waals surface area contributed by atoms with Gasteiger partial charge in [0.2, 0.25) is 35.0 Å². The van der Waals surface area contributed by atoms with Gasteiger partial charge in [-0.25, -0.2) is 9.98 Å². The Kier molecular flexibility index (Phi) is 25.4. The molecule has 35 heteroatoms. The fraction of sp³-hybridized carbons (Fsp3) is 0.200. The number of aliphatic hydroxyl groups is 2. The number of ether oxygens (including phenoxy) is 1. The summed E-state index contributed by atoms with van der Waals surface area (Å²) in [5, 5.41) is 25.1. The molecular weight excluding hydrogens is 1110 g/mol. The smallest absolute Gasteiger partial charge is 0.295 e. The molecule has 0 atom stereocenters. The van der Waals surface area contributed by atoms with Crippen molar-refractivity contribution in [3.05, 3.63) is 107 Å². The summed E-state index contributed by atoms with van der Waals surface area (Å²) in [6.07, 6.45) is 2.32. The average molecular weight is 1150 g/mol. The minimum absolute atomic E-state index is 0. The van der Waals surface area contributed by atoms with Crippen LogP contribution in [0.25, 0.3) is 12.2 Å². The van der Waals surface area contributed by atoms with Crippen LogP contribution in [0.5, 0.6) is 0 Å². The fourth-order valence-electron chi connectivity index (χ4n) is 6.63. The minimum atomic E-state index is -5.01. The van der Waals surface area contributed by atoms with Crippen LogP contribution in [0.1, 0.15) is 11.1 Å². The number of nitrogens with one attached hydrogen (secondary N) is 4. The zero-order valence-electron chi connectivity index (χ0n) is 40.5. The Hall–Kier alpha value is -3.04. The van der Waals surface area contributed by atoms with Gasteiger partial charge in [-0.3, -0.25) is 28.2 Å². The first-order valence-corrected chi connectivity index (χ1v) is 26.3. The molecule has 1 aliphatic rings. The molecule has 380 valence electrons. The molecule has 7 rings (SSSR count). The third-order valence-corrected chi connectivity index (χ3v) is 13.5. The average Bonchev–Trinajstić information content (AvgIpc) is 3.30. The second kappa shape index (κ2) is 28.7. The first kappa shape index (κ1) is 66.2. The van der Waals surface area contributed by atoms with Crippen molar-refractivity contribution in [3.63, 3.8) is 0 Å². The van der Waals surface area contributed by atoms with Crippen LogP contribution in [-0.4, -0.2) is 263 Å². The van der Waals surface area contributed by atoms with Crippen molar-refractivity contribution in [2.24, 2.45) is 9.98 Å². The second-order valence-corrected chi connectivity index (χ2v) is 20.5. The van der Waals surface area contributed by atoms with Crippen molar-refractivity contribution in [1.29, 1.82) is 0 Å². The molecule has 0 bridgehead atoms. The molecule has 0 unspecified atom stereocenters. The van der Waals surface area contributed by atoms with Gasteiger partial charge < -0.3 is 35.4 Å². The van der Waals surface area contributed by atoms with Gasteiger partial charge in [-0.2, -0.15) is 53.6 Å². The van der Waals surface area contributed by atoms with E-state index in [1.165, 1.54) is 53.4 Å². The van der Waals surface area contributed by atoms with Crippen molar-refractivity contribution in [3.8, 4) is 0 Å². The van der Waals surface area contributed by atoms with E-state index >= 15 is 0 Å². The van der Waals surface area contributed by atoms with Crippen LogP contribution in [-0.2, 0) is 45.2 Å². The number of aliphatic hydroxyl groups excluding tert-OH is 2. The molecule has 3 heterocycles. The topological polar surface area (TPSA) is 406 Å². The molecule has 1 fully saturated rings. The van der Waals surface area contributed by atoms with Crippen LogP contribution in [0.2, 0.25) is 0 Å². The number of anilines is 6. The summed E-state index contributed by atoms with van der Waals surface area (Å²) in [5.41, 5.74) is -0.104. The summed E-state index contributed by atoms with van der Waals surface area (Å²) in [7, 11) is -19.0. The molecule has 0 spiro atoms. The molecule has 0 aliphatic carbocycles. The van der Waals surface area contributed by atoms with E-state index in [1.54, 1.807) is 0 Å². The van der Waals surface area contributed by atoms with Crippen LogP contribution < -0.4 is 31.7 Å². The van der Waals surface area contributed by atoms with Gasteiger partial charge in [0.05, 0.1) is 47.6 Å². The Morgan fingerprint density at radius 2 is 0.987 bits per heavy atom. The van der Waals surface area contributed by atoms with E-state index in [0.29, 0.717) is 32.0 Å². The van der Waals surface area contributed by atoms with E-state index in [9.17, 15) is 62.1 Å². The normalized spacial score (nSPS) is 13.5. The quantitative estimate of drug-likeness (QED) is 0.0311. The molecule has 0 saturated carbocycles. The van der Waals surface area contributed by atoms with Crippen molar-refractivity contribution >= 4 is 217 Å². The van der Waals surface area contributed by atoms with E-state index in [4.69, 9.17) is 4.74 Å². The molecule has 4 aromatic carbocycles. The van der Waals surface area contributed by atoms with E-state index in [0.717, 1.165) is 48.6 Å². The molecule has 1 aliphatic heterocycles. The predicted molar refractivity (Wildman–Crippen MR) is 276 cm³/mol. The van der Waals surface area contributed by atoms with E-state index < -0.39 is 50.3 Å². The predicted octanol–water partition coefficient (Wildman–Crippen LogP) is 0.136. The second-order valence-electron chi connectivity index (χ2n) is 14.9. The van der Waals surface area contributed by atoms with E-state index in [-0.39, 0.29) is 218 Å². The Morgan fingerprint density at radius 3 is 1.39 bits per heavy atom. The van der Waals surface area contributed by atoms with Crippen LogP contribution >= 0.6 is 0 Å². The molecule has 1 saturated heterocycles. The monoisotopic (exact) mass is 1150 g/mol. The summed E-state index contributed by atoms with van der Waals surface area (Å²) in [6.45, 7) is 0.882. The number of aromatic amines is 2. The minimum Gasteiger partial charge on any atom is -0.395 e. The third-order valence-electron chi connectivity index (χ3n) is 9.92. The largest absolute Gasteiger partial charge is 0.395 e. The number of hydrogen-bond donors (Lipinski definition) is 10. The van der Waals surface area contributed by atoms with Gasteiger partial charge in [-0.1, -0.05) is 24.3 Å². The summed E-state index contributed by atoms with van der Waals surface area (Å²) in [6, 6.07) is 17.1. The number of benzene rings is 4. The number of aromatic nitrogens is 6. The van der Waals surface area contributed by atoms with Gasteiger partial charge in [0.1, 0.15) is 9.79 Å². The Balaban J connectivity index is 0.00000371. The number of hydrogen-bond acceptors (Lipinski definition) is 21. The summed E-state index contributed by atoms with van der Waals surface area (Å²) >= 11 is 0. The number of rotatable bonds is 18. The molecular formula is C40H42N12Na4O15S4. The maximum Gasteiger partial charge on any atom is 0.295 e. The molecule has 10 N–H and O–H groups in total. The molecule has 27 nitrogen and oxygen atoms in total. The van der Waals surface area contributed by atoms with Gasteiger partial charge in [0.15, 0.2) is 0 Å². The van der Waals surface area contributed by atoms with Crippen molar-refractivity contribution in [2.75, 3.05) is 73.0 Å². The summed E-state index contributed by atoms with van der Waals surface area (Å²) < 4.78 is 142. The summed E-state index contributed by atoms with van der Waals surface area (Å²) in [4.78, 5) is 33.3. The molecule has 6 aromatic rings. The zero-order chi connectivity index (χ0) is 51.1. The maximum absolute atomic E-state index is 12.8. The van der Waals surface area contributed by atoms with Gasteiger partial charge in [0, 0.05) is 156 Å². The number of nitrogens with zero attached hydrogens (tertiary/aromatic N) is 8. The van der Waals surface area contributed by atoms with Gasteiger partial charge in [-0.05, 0) is 83.9 Å². The fourth-order valence-corrected chi connectivity index (χ4v) is 9.00. The first-order valence-electron chi connectivity index (χ1n) is 20.5. The van der Waals surface area contributed by atoms with E-state index in [1.807, 2.05) is 4.90 Å². The summed E-state index contributed by atoms with van der Waals surface area (Å²) in [5.74, 6) is 0.164. The number of H-pyrrole nitrogens is 2.